The highest BCUT2D eigenvalue weighted by molar-refractivity contribution is 5.94. The molecule has 0 aliphatic heterocycles. The van der Waals surface area contributed by atoms with Crippen LogP contribution in [0.4, 0.5) is 4.79 Å². The van der Waals surface area contributed by atoms with Gasteiger partial charge in [-0.1, -0.05) is 48.5 Å². The SMILES string of the molecule is COc1ccc(C(=O)NCCNC(=O)[C@@H](CC(=O)OC(C)(C)C)NC(=O)OCC2c3ccccc3-c3ccccc32)cc1. The number of carbonyl (C=O) groups excluding carboxylic acids is 4. The van der Waals surface area contributed by atoms with Crippen molar-refractivity contribution in [1.82, 2.24) is 16.0 Å². The van der Waals surface area contributed by atoms with E-state index in [1.54, 1.807) is 45.0 Å². The van der Waals surface area contributed by atoms with E-state index in [1.807, 2.05) is 48.5 Å². The maximum atomic E-state index is 13.0. The molecule has 0 aromatic heterocycles. The van der Waals surface area contributed by atoms with Crippen LogP contribution in [0.1, 0.15) is 54.6 Å². The van der Waals surface area contributed by atoms with E-state index in [2.05, 4.69) is 16.0 Å². The first-order valence-electron chi connectivity index (χ1n) is 14.1. The number of carbonyl (C=O) groups is 4. The lowest BCUT2D eigenvalue weighted by Crippen LogP contribution is -2.50. The van der Waals surface area contributed by atoms with E-state index >= 15 is 0 Å². The van der Waals surface area contributed by atoms with Crippen LogP contribution in [0.2, 0.25) is 0 Å². The number of esters is 1. The summed E-state index contributed by atoms with van der Waals surface area (Å²) in [6.45, 7) is 5.38. The molecule has 3 amide bonds. The summed E-state index contributed by atoms with van der Waals surface area (Å²) in [7, 11) is 1.54. The Morgan fingerprint density at radius 3 is 1.98 bits per heavy atom. The van der Waals surface area contributed by atoms with Gasteiger partial charge in [0.05, 0.1) is 13.5 Å². The van der Waals surface area contributed by atoms with Crippen molar-refractivity contribution in [3.63, 3.8) is 0 Å². The lowest BCUT2D eigenvalue weighted by molar-refractivity contribution is -0.156. The monoisotopic (exact) mass is 587 g/mol. The first kappa shape index (κ1) is 31.1. The zero-order valence-electron chi connectivity index (χ0n) is 24.8. The fourth-order valence-electron chi connectivity index (χ4n) is 4.87. The number of nitrogens with one attached hydrogen (secondary N) is 3. The zero-order valence-corrected chi connectivity index (χ0v) is 24.8. The Morgan fingerprint density at radius 1 is 0.814 bits per heavy atom. The largest absolute Gasteiger partial charge is 0.497 e. The van der Waals surface area contributed by atoms with Crippen molar-refractivity contribution in [3.05, 3.63) is 89.5 Å². The third-order valence-electron chi connectivity index (χ3n) is 6.81. The molecule has 3 aromatic rings. The van der Waals surface area contributed by atoms with Gasteiger partial charge in [0.1, 0.15) is 24.0 Å². The van der Waals surface area contributed by atoms with E-state index in [0.717, 1.165) is 22.3 Å². The normalized spacial score (nSPS) is 12.7. The summed E-state index contributed by atoms with van der Waals surface area (Å²) in [5.74, 6) is -1.12. The summed E-state index contributed by atoms with van der Waals surface area (Å²) in [4.78, 5) is 50.9. The van der Waals surface area contributed by atoms with Gasteiger partial charge in [-0.2, -0.15) is 0 Å². The lowest BCUT2D eigenvalue weighted by atomic mass is 9.98. The van der Waals surface area contributed by atoms with E-state index in [0.29, 0.717) is 11.3 Å². The maximum Gasteiger partial charge on any atom is 0.407 e. The zero-order chi connectivity index (χ0) is 31.0. The molecule has 1 atom stereocenters. The first-order chi connectivity index (χ1) is 20.6. The second kappa shape index (κ2) is 13.9. The Balaban J connectivity index is 1.34. The number of amides is 3. The van der Waals surface area contributed by atoms with Crippen LogP contribution >= 0.6 is 0 Å². The predicted octanol–water partition coefficient (Wildman–Crippen LogP) is 4.18. The van der Waals surface area contributed by atoms with Crippen LogP contribution < -0.4 is 20.7 Å². The molecule has 0 saturated carbocycles. The van der Waals surface area contributed by atoms with Crippen molar-refractivity contribution in [3.8, 4) is 16.9 Å². The predicted molar refractivity (Wildman–Crippen MR) is 161 cm³/mol. The van der Waals surface area contributed by atoms with Crippen LogP contribution in [-0.2, 0) is 19.1 Å². The van der Waals surface area contributed by atoms with Crippen LogP contribution in [0.5, 0.6) is 5.75 Å². The third-order valence-corrected chi connectivity index (χ3v) is 6.81. The van der Waals surface area contributed by atoms with Gasteiger partial charge in [-0.15, -0.1) is 0 Å². The van der Waals surface area contributed by atoms with Gasteiger partial charge in [-0.25, -0.2) is 4.79 Å². The Kier molecular flexibility index (Phi) is 10.0. The van der Waals surface area contributed by atoms with Crippen molar-refractivity contribution < 1.29 is 33.4 Å². The van der Waals surface area contributed by atoms with Gasteiger partial charge >= 0.3 is 12.1 Å². The molecule has 1 aliphatic rings. The van der Waals surface area contributed by atoms with Crippen LogP contribution in [0.3, 0.4) is 0 Å². The Labute approximate surface area is 251 Å². The molecule has 0 unspecified atom stereocenters. The highest BCUT2D eigenvalue weighted by Crippen LogP contribution is 2.44. The number of rotatable bonds is 11. The summed E-state index contributed by atoms with van der Waals surface area (Å²) in [5, 5.41) is 7.88. The number of alkyl carbamates (subject to hydrolysis) is 1. The highest BCUT2D eigenvalue weighted by Gasteiger charge is 2.31. The molecule has 226 valence electrons. The fourth-order valence-corrected chi connectivity index (χ4v) is 4.87. The van der Waals surface area contributed by atoms with Crippen molar-refractivity contribution in [2.24, 2.45) is 0 Å². The number of benzene rings is 3. The van der Waals surface area contributed by atoms with Gasteiger partial charge in [0.2, 0.25) is 5.91 Å². The van der Waals surface area contributed by atoms with Crippen LogP contribution in [-0.4, -0.2) is 62.3 Å². The second-order valence-corrected chi connectivity index (χ2v) is 11.1. The van der Waals surface area contributed by atoms with Gasteiger partial charge in [0.25, 0.3) is 5.91 Å². The molecule has 0 radical (unpaired) electrons. The van der Waals surface area contributed by atoms with Gasteiger partial charge < -0.3 is 30.2 Å². The van der Waals surface area contributed by atoms with Crippen LogP contribution in [0, 0.1) is 0 Å². The Bertz CT molecular complexity index is 1420. The smallest absolute Gasteiger partial charge is 0.407 e. The summed E-state index contributed by atoms with van der Waals surface area (Å²) >= 11 is 0. The van der Waals surface area contributed by atoms with Gasteiger partial charge in [-0.3, -0.25) is 14.4 Å². The molecule has 3 N–H and O–H groups in total. The highest BCUT2D eigenvalue weighted by atomic mass is 16.6. The molecular weight excluding hydrogens is 550 g/mol. The Morgan fingerprint density at radius 2 is 1.40 bits per heavy atom. The van der Waals surface area contributed by atoms with Crippen molar-refractivity contribution in [2.75, 3.05) is 26.8 Å². The van der Waals surface area contributed by atoms with E-state index < -0.39 is 36.0 Å². The number of methoxy groups -OCH3 is 1. The number of fused-ring (bicyclic) bond motifs is 3. The average Bonchev–Trinajstić information content (AvgIpc) is 3.30. The minimum Gasteiger partial charge on any atom is -0.497 e. The maximum absolute atomic E-state index is 13.0. The number of hydrogen-bond donors (Lipinski definition) is 3. The van der Waals surface area contributed by atoms with E-state index in [1.165, 1.54) is 7.11 Å². The summed E-state index contributed by atoms with van der Waals surface area (Å²) in [6.07, 6.45) is -1.23. The van der Waals surface area contributed by atoms with Gasteiger partial charge in [-0.05, 0) is 67.3 Å². The minimum atomic E-state index is -1.25. The minimum absolute atomic E-state index is 0.0536. The standard InChI is InChI=1S/C33H37N3O7/c1-33(2,3)43-29(37)19-28(31(39)35-18-17-34-30(38)21-13-15-22(41-4)16-14-21)36-32(40)42-20-27-25-11-7-5-9-23(25)24-10-6-8-12-26(24)27/h5-16,27-28H,17-20H2,1-4H3,(H,34,38)(H,35,39)(H,36,40)/t28-/m1/s1. The quantitative estimate of drug-likeness (QED) is 0.227. The first-order valence-corrected chi connectivity index (χ1v) is 14.1. The van der Waals surface area contributed by atoms with Crippen molar-refractivity contribution in [2.45, 2.75) is 44.8 Å². The summed E-state index contributed by atoms with van der Waals surface area (Å²) in [5.41, 5.74) is 3.95. The van der Waals surface area contributed by atoms with Crippen molar-refractivity contribution >= 4 is 23.9 Å². The van der Waals surface area contributed by atoms with E-state index in [4.69, 9.17) is 14.2 Å². The molecule has 0 spiro atoms. The summed E-state index contributed by atoms with van der Waals surface area (Å²) in [6, 6.07) is 21.3. The topological polar surface area (TPSA) is 132 Å². The molecule has 0 fully saturated rings. The van der Waals surface area contributed by atoms with Crippen molar-refractivity contribution in [1.29, 1.82) is 0 Å². The fraction of sp³-hybridized carbons (Fsp3) is 0.333. The van der Waals surface area contributed by atoms with Gasteiger partial charge in [0.15, 0.2) is 0 Å². The average molecular weight is 588 g/mol. The third kappa shape index (κ3) is 8.34. The molecule has 10 nitrogen and oxygen atoms in total. The number of hydrogen-bond acceptors (Lipinski definition) is 7. The number of ether oxygens (including phenoxy) is 3. The van der Waals surface area contributed by atoms with Crippen LogP contribution in [0.25, 0.3) is 11.1 Å². The molecule has 1 aliphatic carbocycles. The molecule has 4 rings (SSSR count). The van der Waals surface area contributed by atoms with Gasteiger partial charge in [0, 0.05) is 24.6 Å². The molecule has 0 saturated heterocycles. The van der Waals surface area contributed by atoms with E-state index in [-0.39, 0.29) is 31.5 Å². The second-order valence-electron chi connectivity index (χ2n) is 11.1. The molecule has 0 heterocycles. The van der Waals surface area contributed by atoms with Crippen LogP contribution in [0.15, 0.2) is 72.8 Å². The van der Waals surface area contributed by atoms with E-state index in [9.17, 15) is 19.2 Å². The molecular formula is C33H37N3O7. The lowest BCUT2D eigenvalue weighted by Gasteiger charge is -2.23. The molecule has 3 aromatic carbocycles. The molecule has 43 heavy (non-hydrogen) atoms. The Hall–Kier alpha value is -4.86. The summed E-state index contributed by atoms with van der Waals surface area (Å²) < 4.78 is 16.0. The molecule has 0 bridgehead atoms. The molecule has 10 heteroatoms.